The molecule has 2 heterocycles. The maximum Gasteiger partial charge on any atom is 0.135 e. The minimum Gasteiger partial charge on any atom is -0.509 e. The Labute approximate surface area is 163 Å². The molecule has 0 aliphatic carbocycles. The van der Waals surface area contributed by atoms with Gasteiger partial charge in [0.1, 0.15) is 16.6 Å². The SMILES string of the molecule is Cc1sc(C2=C(O)C(C)N(Cc3ccccc3)C2=N)nc1-c1ccccc1. The van der Waals surface area contributed by atoms with Gasteiger partial charge in [0, 0.05) is 17.0 Å². The Morgan fingerprint density at radius 3 is 2.37 bits per heavy atom. The number of thiazole rings is 1. The molecular formula is C22H21N3OS. The normalized spacial score (nSPS) is 17.0. The number of nitrogens with one attached hydrogen (secondary N) is 1. The van der Waals surface area contributed by atoms with Crippen LogP contribution in [0.3, 0.4) is 0 Å². The lowest BCUT2D eigenvalue weighted by Crippen LogP contribution is -2.32. The fourth-order valence-electron chi connectivity index (χ4n) is 3.39. The van der Waals surface area contributed by atoms with E-state index < -0.39 is 0 Å². The number of aryl methyl sites for hydroxylation is 1. The van der Waals surface area contributed by atoms with Gasteiger partial charge in [0.05, 0.1) is 17.3 Å². The number of aromatic nitrogens is 1. The molecule has 136 valence electrons. The number of amidine groups is 1. The highest BCUT2D eigenvalue weighted by molar-refractivity contribution is 7.13. The van der Waals surface area contributed by atoms with Crippen LogP contribution in [0, 0.1) is 12.3 Å². The van der Waals surface area contributed by atoms with Gasteiger partial charge in [-0.05, 0) is 19.4 Å². The Morgan fingerprint density at radius 2 is 1.70 bits per heavy atom. The third-order valence-electron chi connectivity index (χ3n) is 4.90. The molecule has 5 heteroatoms. The van der Waals surface area contributed by atoms with E-state index in [0.717, 1.165) is 21.7 Å². The van der Waals surface area contributed by atoms with Crippen molar-refractivity contribution in [2.24, 2.45) is 0 Å². The largest absolute Gasteiger partial charge is 0.509 e. The van der Waals surface area contributed by atoms with Gasteiger partial charge in [-0.2, -0.15) is 0 Å². The standard InChI is InChI=1S/C22H21N3OS/c1-14-20(26)18(21(23)25(14)13-16-9-5-3-6-10-16)22-24-19(15(2)27-22)17-11-7-4-8-12-17/h3-12,14,23,26H,13H2,1-2H3. The molecule has 0 spiro atoms. The van der Waals surface area contributed by atoms with E-state index in [-0.39, 0.29) is 11.8 Å². The first-order valence-corrected chi connectivity index (χ1v) is 9.73. The van der Waals surface area contributed by atoms with Crippen molar-refractivity contribution in [1.29, 1.82) is 5.41 Å². The first kappa shape index (κ1) is 17.5. The number of aliphatic hydroxyl groups excluding tert-OH is 1. The molecule has 1 aromatic heterocycles. The second-order valence-corrected chi connectivity index (χ2v) is 7.89. The van der Waals surface area contributed by atoms with E-state index >= 15 is 0 Å². The molecular weight excluding hydrogens is 354 g/mol. The summed E-state index contributed by atoms with van der Waals surface area (Å²) in [7, 11) is 0. The molecule has 1 unspecified atom stereocenters. The summed E-state index contributed by atoms with van der Waals surface area (Å²) >= 11 is 1.53. The van der Waals surface area contributed by atoms with Crippen molar-refractivity contribution in [2.45, 2.75) is 26.4 Å². The van der Waals surface area contributed by atoms with E-state index in [1.54, 1.807) is 0 Å². The van der Waals surface area contributed by atoms with E-state index in [2.05, 4.69) is 0 Å². The molecule has 27 heavy (non-hydrogen) atoms. The summed E-state index contributed by atoms with van der Waals surface area (Å²) < 4.78 is 0. The van der Waals surface area contributed by atoms with Gasteiger partial charge in [-0.3, -0.25) is 5.41 Å². The predicted molar refractivity (Wildman–Crippen MR) is 111 cm³/mol. The van der Waals surface area contributed by atoms with Gasteiger partial charge in [0.15, 0.2) is 0 Å². The summed E-state index contributed by atoms with van der Waals surface area (Å²) in [4.78, 5) is 7.77. The first-order chi connectivity index (χ1) is 13.1. The van der Waals surface area contributed by atoms with Crippen LogP contribution in [-0.4, -0.2) is 26.9 Å². The van der Waals surface area contributed by atoms with Crippen molar-refractivity contribution >= 4 is 22.7 Å². The zero-order valence-electron chi connectivity index (χ0n) is 15.3. The molecule has 0 saturated heterocycles. The lowest BCUT2D eigenvalue weighted by Gasteiger charge is -2.24. The number of hydrogen-bond acceptors (Lipinski definition) is 4. The van der Waals surface area contributed by atoms with Crippen LogP contribution in [0.2, 0.25) is 0 Å². The van der Waals surface area contributed by atoms with Gasteiger partial charge < -0.3 is 10.0 Å². The molecule has 4 nitrogen and oxygen atoms in total. The molecule has 0 bridgehead atoms. The van der Waals surface area contributed by atoms with Gasteiger partial charge in [0.25, 0.3) is 0 Å². The van der Waals surface area contributed by atoms with Crippen LogP contribution in [0.25, 0.3) is 16.8 Å². The molecule has 0 fully saturated rings. The minimum absolute atomic E-state index is 0.226. The molecule has 2 N–H and O–H groups in total. The van der Waals surface area contributed by atoms with Crippen LogP contribution < -0.4 is 0 Å². The number of benzene rings is 2. The number of aliphatic hydroxyl groups is 1. The summed E-state index contributed by atoms with van der Waals surface area (Å²) in [5.74, 6) is 0.557. The van der Waals surface area contributed by atoms with Gasteiger partial charge in [-0.15, -0.1) is 11.3 Å². The molecule has 2 aromatic carbocycles. The van der Waals surface area contributed by atoms with E-state index in [9.17, 15) is 5.11 Å². The van der Waals surface area contributed by atoms with E-state index in [1.165, 1.54) is 11.3 Å². The van der Waals surface area contributed by atoms with Crippen LogP contribution in [0.1, 0.15) is 22.4 Å². The number of nitrogens with zero attached hydrogens (tertiary/aromatic N) is 2. The van der Waals surface area contributed by atoms with Gasteiger partial charge in [-0.1, -0.05) is 60.7 Å². The maximum absolute atomic E-state index is 10.8. The minimum atomic E-state index is -0.239. The lowest BCUT2D eigenvalue weighted by atomic mass is 10.1. The summed E-state index contributed by atoms with van der Waals surface area (Å²) in [6.45, 7) is 4.55. The average Bonchev–Trinajstić information content (AvgIpc) is 3.16. The second kappa shape index (κ2) is 7.00. The number of hydrogen-bond donors (Lipinski definition) is 2. The van der Waals surface area contributed by atoms with E-state index in [0.29, 0.717) is 23.0 Å². The van der Waals surface area contributed by atoms with Crippen LogP contribution in [-0.2, 0) is 6.54 Å². The van der Waals surface area contributed by atoms with E-state index in [4.69, 9.17) is 10.4 Å². The Bertz CT molecular complexity index is 1010. The quantitative estimate of drug-likeness (QED) is 0.653. The molecule has 0 radical (unpaired) electrons. The van der Waals surface area contributed by atoms with Crippen molar-refractivity contribution in [1.82, 2.24) is 9.88 Å². The Balaban J connectivity index is 1.67. The van der Waals surface area contributed by atoms with Crippen LogP contribution in [0.5, 0.6) is 0 Å². The van der Waals surface area contributed by atoms with Crippen molar-refractivity contribution < 1.29 is 5.11 Å². The van der Waals surface area contributed by atoms with Gasteiger partial charge >= 0.3 is 0 Å². The molecule has 1 aliphatic heterocycles. The van der Waals surface area contributed by atoms with Crippen LogP contribution in [0.4, 0.5) is 0 Å². The summed E-state index contributed by atoms with van der Waals surface area (Å²) in [5.41, 5.74) is 3.63. The highest BCUT2D eigenvalue weighted by Gasteiger charge is 2.36. The fourth-order valence-corrected chi connectivity index (χ4v) is 4.38. The Kier molecular flexibility index (Phi) is 4.54. The van der Waals surface area contributed by atoms with Crippen LogP contribution in [0.15, 0.2) is 66.4 Å². The first-order valence-electron chi connectivity index (χ1n) is 8.92. The van der Waals surface area contributed by atoms with Crippen LogP contribution >= 0.6 is 11.3 Å². The third kappa shape index (κ3) is 3.15. The summed E-state index contributed by atoms with van der Waals surface area (Å²) in [6.07, 6.45) is 0. The maximum atomic E-state index is 10.8. The monoisotopic (exact) mass is 375 g/mol. The third-order valence-corrected chi connectivity index (χ3v) is 5.89. The Morgan fingerprint density at radius 1 is 1.07 bits per heavy atom. The van der Waals surface area contributed by atoms with Crippen molar-refractivity contribution in [3.63, 3.8) is 0 Å². The molecule has 0 amide bonds. The lowest BCUT2D eigenvalue weighted by molar-refractivity contribution is 0.281. The number of rotatable bonds is 4. The second-order valence-electron chi connectivity index (χ2n) is 6.69. The highest BCUT2D eigenvalue weighted by Crippen LogP contribution is 2.37. The molecule has 4 rings (SSSR count). The smallest absolute Gasteiger partial charge is 0.135 e. The van der Waals surface area contributed by atoms with Gasteiger partial charge in [-0.25, -0.2) is 4.98 Å². The molecule has 1 aliphatic rings. The average molecular weight is 375 g/mol. The molecule has 3 aromatic rings. The molecule has 1 atom stereocenters. The molecule has 0 saturated carbocycles. The van der Waals surface area contributed by atoms with Crippen molar-refractivity contribution in [3.8, 4) is 11.3 Å². The Hall–Kier alpha value is -2.92. The predicted octanol–water partition coefficient (Wildman–Crippen LogP) is 5.27. The zero-order valence-corrected chi connectivity index (χ0v) is 16.1. The van der Waals surface area contributed by atoms with Gasteiger partial charge in [0.2, 0.25) is 0 Å². The van der Waals surface area contributed by atoms with E-state index in [1.807, 2.05) is 79.4 Å². The topological polar surface area (TPSA) is 60.2 Å². The summed E-state index contributed by atoms with van der Waals surface area (Å²) in [6, 6.07) is 19.8. The zero-order chi connectivity index (χ0) is 19.0. The fraction of sp³-hybridized carbons (Fsp3) is 0.182. The van der Waals surface area contributed by atoms with Crippen molar-refractivity contribution in [3.05, 3.63) is 81.9 Å². The summed E-state index contributed by atoms with van der Waals surface area (Å²) in [5, 5.41) is 20.1. The highest BCUT2D eigenvalue weighted by atomic mass is 32.1. The van der Waals surface area contributed by atoms with Crippen molar-refractivity contribution in [2.75, 3.05) is 0 Å².